The van der Waals surface area contributed by atoms with E-state index in [-0.39, 0.29) is 0 Å². The molecule has 1 N–H and O–H groups in total. The Morgan fingerprint density at radius 3 is 2.54 bits per heavy atom. The number of aliphatic carboxylic acids is 1. The molecule has 0 fully saturated rings. The first-order chi connectivity index (χ1) is 6.27. The van der Waals surface area contributed by atoms with Gasteiger partial charge in [-0.3, -0.25) is 4.79 Å². The second kappa shape index (κ2) is 9.04. The van der Waals surface area contributed by atoms with Crippen LogP contribution in [0, 0.1) is 0 Å². The van der Waals surface area contributed by atoms with E-state index in [0.29, 0.717) is 6.42 Å². The lowest BCUT2D eigenvalue weighted by Crippen LogP contribution is -1.93. The molecule has 0 heterocycles. The molecule has 0 aromatic carbocycles. The molecule has 0 bridgehead atoms. The van der Waals surface area contributed by atoms with E-state index in [1.807, 2.05) is 6.08 Å². The third-order valence-corrected chi connectivity index (χ3v) is 1.78. The maximum Gasteiger partial charge on any atom is 0.303 e. The molecule has 13 heavy (non-hydrogen) atoms. The molecule has 0 unspecified atom stereocenters. The molecule has 0 atom stereocenters. The van der Waals surface area contributed by atoms with Gasteiger partial charge in [-0.05, 0) is 19.3 Å². The number of allylic oxidation sites excluding steroid dienone is 3. The van der Waals surface area contributed by atoms with Gasteiger partial charge < -0.3 is 5.11 Å². The molecule has 0 amide bonds. The van der Waals surface area contributed by atoms with E-state index < -0.39 is 5.97 Å². The normalized spacial score (nSPS) is 10.5. The van der Waals surface area contributed by atoms with Gasteiger partial charge in [0.2, 0.25) is 0 Å². The molecule has 0 aromatic rings. The maximum absolute atomic E-state index is 10.2. The summed E-state index contributed by atoms with van der Waals surface area (Å²) in [6.07, 6.45) is 11.3. The van der Waals surface area contributed by atoms with Gasteiger partial charge in [-0.2, -0.15) is 0 Å². The van der Waals surface area contributed by atoms with E-state index in [1.54, 1.807) is 6.08 Å². The van der Waals surface area contributed by atoms with E-state index in [1.165, 1.54) is 0 Å². The summed E-state index contributed by atoms with van der Waals surface area (Å²) in [5, 5.41) is 8.36. The number of carboxylic acid groups (broad SMARTS) is 1. The van der Waals surface area contributed by atoms with Crippen LogP contribution in [-0.4, -0.2) is 11.1 Å². The van der Waals surface area contributed by atoms with Crippen molar-refractivity contribution in [2.24, 2.45) is 0 Å². The number of hydrogen-bond acceptors (Lipinski definition) is 1. The number of rotatable bonds is 8. The minimum Gasteiger partial charge on any atom is -0.481 e. The first kappa shape index (κ1) is 11.9. The maximum atomic E-state index is 10.2. The fourth-order valence-corrected chi connectivity index (χ4v) is 1.08. The average Bonchev–Trinajstić information content (AvgIpc) is 2.09. The van der Waals surface area contributed by atoms with Crippen LogP contribution in [0.15, 0.2) is 24.8 Å². The van der Waals surface area contributed by atoms with Crippen LogP contribution in [0.3, 0.4) is 0 Å². The average molecular weight is 182 g/mol. The molecule has 74 valence electrons. The van der Waals surface area contributed by atoms with Crippen LogP contribution in [0.4, 0.5) is 0 Å². The Balaban J connectivity index is 3.03. The highest BCUT2D eigenvalue weighted by atomic mass is 16.4. The number of carbonyl (C=O) groups is 1. The summed E-state index contributed by atoms with van der Waals surface area (Å²) in [6.45, 7) is 3.58. The second-order valence-corrected chi connectivity index (χ2v) is 3.01. The smallest absolute Gasteiger partial charge is 0.303 e. The van der Waals surface area contributed by atoms with Crippen molar-refractivity contribution < 1.29 is 9.90 Å². The van der Waals surface area contributed by atoms with Crippen LogP contribution in [0.5, 0.6) is 0 Å². The van der Waals surface area contributed by atoms with Crippen LogP contribution < -0.4 is 0 Å². The molecular weight excluding hydrogens is 164 g/mol. The lowest BCUT2D eigenvalue weighted by Gasteiger charge is -1.96. The van der Waals surface area contributed by atoms with E-state index in [0.717, 1.165) is 32.1 Å². The molecule has 0 aliphatic carbocycles. The minimum absolute atomic E-state index is 0.308. The van der Waals surface area contributed by atoms with Crippen LogP contribution >= 0.6 is 0 Å². The van der Waals surface area contributed by atoms with Gasteiger partial charge in [0.1, 0.15) is 0 Å². The van der Waals surface area contributed by atoms with Crippen molar-refractivity contribution in [2.45, 2.75) is 38.5 Å². The largest absolute Gasteiger partial charge is 0.481 e. The summed E-state index contributed by atoms with van der Waals surface area (Å²) in [4.78, 5) is 10.2. The van der Waals surface area contributed by atoms with Crippen molar-refractivity contribution in [3.8, 4) is 0 Å². The molecule has 0 radical (unpaired) electrons. The first-order valence-corrected chi connectivity index (χ1v) is 4.76. The van der Waals surface area contributed by atoms with Crippen LogP contribution in [0.25, 0.3) is 0 Å². The Bertz CT molecular complexity index is 171. The SMILES string of the molecule is C=CC=CCCCCCCC(=O)O. The van der Waals surface area contributed by atoms with Crippen molar-refractivity contribution in [3.63, 3.8) is 0 Å². The van der Waals surface area contributed by atoms with Crippen LogP contribution in [0.2, 0.25) is 0 Å². The van der Waals surface area contributed by atoms with Crippen molar-refractivity contribution in [1.82, 2.24) is 0 Å². The van der Waals surface area contributed by atoms with Gasteiger partial charge in [0, 0.05) is 6.42 Å². The summed E-state index contributed by atoms with van der Waals surface area (Å²) in [7, 11) is 0. The second-order valence-electron chi connectivity index (χ2n) is 3.01. The standard InChI is InChI=1S/C11H18O2/c1-2-3-4-5-6-7-8-9-10-11(12)13/h2-4H,1,5-10H2,(H,12,13). The molecule has 0 saturated heterocycles. The monoisotopic (exact) mass is 182 g/mol. The molecular formula is C11H18O2. The van der Waals surface area contributed by atoms with Gasteiger partial charge >= 0.3 is 5.97 Å². The summed E-state index contributed by atoms with van der Waals surface area (Å²) < 4.78 is 0. The van der Waals surface area contributed by atoms with E-state index in [4.69, 9.17) is 5.11 Å². The molecule has 0 aliphatic heterocycles. The zero-order valence-electron chi connectivity index (χ0n) is 8.04. The van der Waals surface area contributed by atoms with Crippen LogP contribution in [-0.2, 0) is 4.79 Å². The van der Waals surface area contributed by atoms with Gasteiger partial charge in [-0.15, -0.1) is 0 Å². The van der Waals surface area contributed by atoms with Gasteiger partial charge in [-0.1, -0.05) is 37.6 Å². The van der Waals surface area contributed by atoms with Gasteiger partial charge in [-0.25, -0.2) is 0 Å². The zero-order chi connectivity index (χ0) is 9.94. The number of carboxylic acids is 1. The Hall–Kier alpha value is -1.05. The highest BCUT2D eigenvalue weighted by Crippen LogP contribution is 2.05. The summed E-state index contributed by atoms with van der Waals surface area (Å²) in [5.74, 6) is -0.688. The van der Waals surface area contributed by atoms with E-state index in [9.17, 15) is 4.79 Å². The quantitative estimate of drug-likeness (QED) is 0.462. The fraction of sp³-hybridized carbons (Fsp3) is 0.545. The number of unbranched alkanes of at least 4 members (excludes halogenated alkanes) is 4. The topological polar surface area (TPSA) is 37.3 Å². The van der Waals surface area contributed by atoms with Crippen molar-refractivity contribution in [2.75, 3.05) is 0 Å². The summed E-state index contributed by atoms with van der Waals surface area (Å²) in [5.41, 5.74) is 0. The predicted octanol–water partition coefficient (Wildman–Crippen LogP) is 3.15. The fourth-order valence-electron chi connectivity index (χ4n) is 1.08. The van der Waals surface area contributed by atoms with Gasteiger partial charge in [0.25, 0.3) is 0 Å². The van der Waals surface area contributed by atoms with Crippen LogP contribution in [0.1, 0.15) is 38.5 Å². The molecule has 0 aliphatic rings. The predicted molar refractivity (Wildman–Crippen MR) is 54.7 cm³/mol. The van der Waals surface area contributed by atoms with E-state index in [2.05, 4.69) is 12.7 Å². The molecule has 2 nitrogen and oxygen atoms in total. The zero-order valence-corrected chi connectivity index (χ0v) is 8.04. The van der Waals surface area contributed by atoms with Crippen molar-refractivity contribution in [3.05, 3.63) is 24.8 Å². The Morgan fingerprint density at radius 1 is 1.23 bits per heavy atom. The molecule has 0 spiro atoms. The minimum atomic E-state index is -0.688. The van der Waals surface area contributed by atoms with Gasteiger partial charge in [0.15, 0.2) is 0 Å². The lowest BCUT2D eigenvalue weighted by molar-refractivity contribution is -0.137. The Kier molecular flexibility index (Phi) is 8.31. The molecule has 0 aromatic heterocycles. The highest BCUT2D eigenvalue weighted by Gasteiger charge is 1.95. The molecule has 2 heteroatoms. The lowest BCUT2D eigenvalue weighted by atomic mass is 10.1. The number of hydrogen-bond donors (Lipinski definition) is 1. The molecule has 0 saturated carbocycles. The van der Waals surface area contributed by atoms with Crippen molar-refractivity contribution >= 4 is 5.97 Å². The van der Waals surface area contributed by atoms with Crippen molar-refractivity contribution in [1.29, 1.82) is 0 Å². The molecule has 0 rings (SSSR count). The van der Waals surface area contributed by atoms with E-state index >= 15 is 0 Å². The first-order valence-electron chi connectivity index (χ1n) is 4.76. The third kappa shape index (κ3) is 10.9. The Morgan fingerprint density at radius 2 is 1.92 bits per heavy atom. The summed E-state index contributed by atoms with van der Waals surface area (Å²) in [6, 6.07) is 0. The van der Waals surface area contributed by atoms with Gasteiger partial charge in [0.05, 0.1) is 0 Å². The highest BCUT2D eigenvalue weighted by molar-refractivity contribution is 5.66. The summed E-state index contributed by atoms with van der Waals surface area (Å²) >= 11 is 0. The third-order valence-electron chi connectivity index (χ3n) is 1.78. The Labute approximate surface area is 80.0 Å².